The van der Waals surface area contributed by atoms with E-state index in [9.17, 15) is 0 Å². The van der Waals surface area contributed by atoms with Crippen LogP contribution in [0.4, 0.5) is 17.1 Å². The van der Waals surface area contributed by atoms with Crippen molar-refractivity contribution in [1.29, 1.82) is 0 Å². The van der Waals surface area contributed by atoms with Crippen molar-refractivity contribution >= 4 is 81.1 Å². The molecule has 0 N–H and O–H groups in total. The van der Waals surface area contributed by atoms with Gasteiger partial charge < -0.3 is 9.47 Å². The Morgan fingerprint density at radius 3 is 1.84 bits per heavy atom. The lowest BCUT2D eigenvalue weighted by atomic mass is 10.0. The Balaban J connectivity index is 1.05. The largest absolute Gasteiger partial charge is 0.310 e. The van der Waals surface area contributed by atoms with E-state index in [0.29, 0.717) is 0 Å². The van der Waals surface area contributed by atoms with E-state index in [0.717, 1.165) is 17.1 Å². The Morgan fingerprint density at radius 2 is 1.02 bits per heavy atom. The van der Waals surface area contributed by atoms with Crippen LogP contribution in [-0.2, 0) is 0 Å². The van der Waals surface area contributed by atoms with Gasteiger partial charge in [-0.25, -0.2) is 0 Å². The van der Waals surface area contributed by atoms with Crippen molar-refractivity contribution < 1.29 is 0 Å². The van der Waals surface area contributed by atoms with Crippen molar-refractivity contribution in [2.75, 3.05) is 4.90 Å². The average molecular weight is 643 g/mol. The molecule has 0 aliphatic rings. The van der Waals surface area contributed by atoms with Crippen LogP contribution in [0.25, 0.3) is 69.6 Å². The lowest BCUT2D eigenvalue weighted by Gasteiger charge is -2.26. The van der Waals surface area contributed by atoms with Gasteiger partial charge in [-0.05, 0) is 88.6 Å². The van der Waals surface area contributed by atoms with Crippen LogP contribution >= 0.6 is 11.3 Å². The normalized spacial score (nSPS) is 11.7. The fourth-order valence-electron chi connectivity index (χ4n) is 7.57. The second kappa shape index (κ2) is 11.2. The monoisotopic (exact) mass is 642 g/mol. The Morgan fingerprint density at radius 1 is 0.388 bits per heavy atom. The summed E-state index contributed by atoms with van der Waals surface area (Å²) in [4.78, 5) is 2.39. The third-order valence-corrected chi connectivity index (χ3v) is 10.9. The zero-order valence-electron chi connectivity index (χ0n) is 26.6. The molecule has 0 unspecified atom stereocenters. The third-order valence-electron chi connectivity index (χ3n) is 9.78. The molecule has 10 aromatic rings. The van der Waals surface area contributed by atoms with Crippen LogP contribution in [0.2, 0.25) is 0 Å². The molecule has 2 aromatic heterocycles. The van der Waals surface area contributed by atoms with E-state index in [1.54, 1.807) is 0 Å². The highest BCUT2D eigenvalue weighted by molar-refractivity contribution is 7.26. The molecule has 230 valence electrons. The van der Waals surface area contributed by atoms with Gasteiger partial charge in [0.15, 0.2) is 0 Å². The van der Waals surface area contributed by atoms with Gasteiger partial charge in [-0.3, -0.25) is 0 Å². The SMILES string of the molecule is c1ccc(N(c2ccc(-c3ccc(-n4c5ccccc5c5c6ccccc6ccc54)cc3)cc2)c2cccc3sc4ccccc4c23)cc1. The van der Waals surface area contributed by atoms with Gasteiger partial charge in [-0.15, -0.1) is 11.3 Å². The maximum absolute atomic E-state index is 2.40. The first-order chi connectivity index (χ1) is 24.3. The van der Waals surface area contributed by atoms with Gasteiger partial charge in [0.2, 0.25) is 0 Å². The van der Waals surface area contributed by atoms with Crippen LogP contribution in [0.15, 0.2) is 182 Å². The quantitative estimate of drug-likeness (QED) is 0.181. The first kappa shape index (κ1) is 27.9. The molecule has 0 amide bonds. The van der Waals surface area contributed by atoms with Crippen molar-refractivity contribution in [3.05, 3.63) is 182 Å². The predicted octanol–water partition coefficient (Wildman–Crippen LogP) is 13.4. The zero-order valence-corrected chi connectivity index (χ0v) is 27.4. The Kier molecular flexibility index (Phi) is 6.39. The number of benzene rings is 8. The average Bonchev–Trinajstić information content (AvgIpc) is 3.72. The molecule has 0 spiro atoms. The van der Waals surface area contributed by atoms with E-state index in [4.69, 9.17) is 0 Å². The van der Waals surface area contributed by atoms with E-state index in [2.05, 4.69) is 191 Å². The lowest BCUT2D eigenvalue weighted by Crippen LogP contribution is -2.10. The van der Waals surface area contributed by atoms with Crippen LogP contribution in [0.1, 0.15) is 0 Å². The molecule has 3 heteroatoms. The number of rotatable bonds is 5. The Hall–Kier alpha value is -6.16. The highest BCUT2D eigenvalue weighted by atomic mass is 32.1. The van der Waals surface area contributed by atoms with Crippen molar-refractivity contribution in [2.45, 2.75) is 0 Å². The zero-order chi connectivity index (χ0) is 32.3. The summed E-state index contributed by atoms with van der Waals surface area (Å²) in [5.41, 5.74) is 9.46. The smallest absolute Gasteiger partial charge is 0.0554 e. The minimum atomic E-state index is 1.13. The van der Waals surface area contributed by atoms with Crippen molar-refractivity contribution in [3.63, 3.8) is 0 Å². The molecule has 49 heavy (non-hydrogen) atoms. The van der Waals surface area contributed by atoms with Gasteiger partial charge >= 0.3 is 0 Å². The summed E-state index contributed by atoms with van der Waals surface area (Å²) in [5.74, 6) is 0. The number of hydrogen-bond acceptors (Lipinski definition) is 2. The van der Waals surface area contributed by atoms with Gasteiger partial charge in [-0.1, -0.05) is 115 Å². The summed E-state index contributed by atoms with van der Waals surface area (Å²) in [6, 6.07) is 66.0. The predicted molar refractivity (Wildman–Crippen MR) is 211 cm³/mol. The van der Waals surface area contributed by atoms with Crippen LogP contribution in [0.5, 0.6) is 0 Å². The first-order valence-electron chi connectivity index (χ1n) is 16.7. The summed E-state index contributed by atoms with van der Waals surface area (Å²) in [7, 11) is 0. The molecule has 2 heterocycles. The molecule has 0 fully saturated rings. The second-order valence-corrected chi connectivity index (χ2v) is 13.6. The van der Waals surface area contributed by atoms with Crippen LogP contribution < -0.4 is 4.90 Å². The molecule has 8 aromatic carbocycles. The summed E-state index contributed by atoms with van der Waals surface area (Å²) in [5, 5.41) is 7.74. The van der Waals surface area contributed by atoms with E-state index in [-0.39, 0.29) is 0 Å². The van der Waals surface area contributed by atoms with E-state index in [1.807, 2.05) is 11.3 Å². The summed E-state index contributed by atoms with van der Waals surface area (Å²) < 4.78 is 5.01. The Labute approximate surface area is 288 Å². The molecule has 0 atom stereocenters. The fourth-order valence-corrected chi connectivity index (χ4v) is 8.70. The van der Waals surface area contributed by atoms with Crippen molar-refractivity contribution in [2.24, 2.45) is 0 Å². The second-order valence-electron chi connectivity index (χ2n) is 12.5. The van der Waals surface area contributed by atoms with Crippen LogP contribution in [0, 0.1) is 0 Å². The van der Waals surface area contributed by atoms with Crippen molar-refractivity contribution in [1.82, 2.24) is 4.57 Å². The lowest BCUT2D eigenvalue weighted by molar-refractivity contribution is 1.18. The number of para-hydroxylation sites is 2. The number of hydrogen-bond donors (Lipinski definition) is 0. The summed E-state index contributed by atoms with van der Waals surface area (Å²) >= 11 is 1.86. The molecule has 0 saturated heterocycles. The molecular formula is C46H30N2S. The maximum Gasteiger partial charge on any atom is 0.0554 e. The molecule has 0 aliphatic carbocycles. The number of thiophene rings is 1. The Bertz CT molecular complexity index is 2810. The summed E-state index contributed by atoms with van der Waals surface area (Å²) in [6.45, 7) is 0. The minimum Gasteiger partial charge on any atom is -0.310 e. The van der Waals surface area contributed by atoms with Gasteiger partial charge in [0.05, 0.1) is 16.7 Å². The molecule has 10 rings (SSSR count). The van der Waals surface area contributed by atoms with Gasteiger partial charge in [0.25, 0.3) is 0 Å². The fraction of sp³-hybridized carbons (Fsp3) is 0. The third kappa shape index (κ3) is 4.47. The van der Waals surface area contributed by atoms with E-state index in [1.165, 1.54) is 69.6 Å². The molecule has 0 aliphatic heterocycles. The number of nitrogens with zero attached hydrogens (tertiary/aromatic N) is 2. The summed E-state index contributed by atoms with van der Waals surface area (Å²) in [6.07, 6.45) is 0. The molecule has 2 nitrogen and oxygen atoms in total. The molecule has 0 radical (unpaired) electrons. The number of fused-ring (bicyclic) bond motifs is 8. The van der Waals surface area contributed by atoms with Gasteiger partial charge in [-0.2, -0.15) is 0 Å². The van der Waals surface area contributed by atoms with Gasteiger partial charge in [0.1, 0.15) is 0 Å². The topological polar surface area (TPSA) is 8.17 Å². The molecule has 0 bridgehead atoms. The highest BCUT2D eigenvalue weighted by Gasteiger charge is 2.19. The number of anilines is 3. The molecule has 0 saturated carbocycles. The number of aromatic nitrogens is 1. The van der Waals surface area contributed by atoms with Gasteiger partial charge in [0, 0.05) is 48.0 Å². The highest BCUT2D eigenvalue weighted by Crippen LogP contribution is 2.45. The van der Waals surface area contributed by atoms with Crippen LogP contribution in [0.3, 0.4) is 0 Å². The maximum atomic E-state index is 2.40. The van der Waals surface area contributed by atoms with E-state index >= 15 is 0 Å². The minimum absolute atomic E-state index is 1.13. The van der Waals surface area contributed by atoms with E-state index < -0.39 is 0 Å². The van der Waals surface area contributed by atoms with Crippen molar-refractivity contribution in [3.8, 4) is 16.8 Å². The van der Waals surface area contributed by atoms with Crippen LogP contribution in [-0.4, -0.2) is 4.57 Å². The molecular weight excluding hydrogens is 613 g/mol. The first-order valence-corrected chi connectivity index (χ1v) is 17.5. The standard InChI is InChI=1S/C46H30N2S/c1-2-12-34(13-3-1)47(41-18-10-20-44-46(41)39-16-7-9-19-43(39)49-44)35-26-21-31(22-27-35)32-23-28-36(29-24-32)48-40-17-8-6-15-38(40)45-37-14-5-4-11-33(37)25-30-42(45)48/h1-30H.